The Labute approximate surface area is 170 Å². The number of imidazole rings is 1. The van der Waals surface area contributed by atoms with E-state index in [-0.39, 0.29) is 17.9 Å². The third-order valence-corrected chi connectivity index (χ3v) is 5.48. The van der Waals surface area contributed by atoms with Crippen LogP contribution in [0.3, 0.4) is 0 Å². The molecule has 2 aromatic heterocycles. The maximum atomic E-state index is 12.8. The quantitative estimate of drug-likeness (QED) is 0.725. The molecular formula is C22H26N6O. The van der Waals surface area contributed by atoms with Crippen molar-refractivity contribution in [3.05, 3.63) is 66.2 Å². The highest BCUT2D eigenvalue weighted by molar-refractivity contribution is 5.80. The molecule has 7 heteroatoms. The first kappa shape index (κ1) is 19.1. The zero-order valence-corrected chi connectivity index (χ0v) is 16.8. The molecule has 0 saturated carbocycles. The molecule has 1 amide bonds. The van der Waals surface area contributed by atoms with Crippen LogP contribution in [-0.4, -0.2) is 38.7 Å². The Kier molecular flexibility index (Phi) is 5.55. The highest BCUT2D eigenvalue weighted by atomic mass is 16.2. The fourth-order valence-electron chi connectivity index (χ4n) is 3.79. The molecule has 4 rings (SSSR count). The minimum atomic E-state index is -0.0488. The van der Waals surface area contributed by atoms with Crippen LogP contribution in [0.1, 0.15) is 37.2 Å². The molecule has 1 N–H and O–H groups in total. The van der Waals surface area contributed by atoms with E-state index in [2.05, 4.69) is 25.4 Å². The standard InChI is InChI=1S/C22H26N6O/c1-16(18-7-4-3-5-8-18)24-22(29)19-9-6-13-27(15-19)20-10-11-21(26-25-20)28-14-12-23-17(28)2/h3-5,7-8,10-12,14,16,19H,6,9,13,15H2,1-2H3,(H,24,29). The number of amides is 1. The summed E-state index contributed by atoms with van der Waals surface area (Å²) < 4.78 is 1.90. The lowest BCUT2D eigenvalue weighted by molar-refractivity contribution is -0.125. The number of hydrogen-bond donors (Lipinski definition) is 1. The van der Waals surface area contributed by atoms with Crippen LogP contribution in [0, 0.1) is 12.8 Å². The molecule has 7 nitrogen and oxygen atoms in total. The Balaban J connectivity index is 1.40. The summed E-state index contributed by atoms with van der Waals surface area (Å²) in [6.07, 6.45) is 5.47. The summed E-state index contributed by atoms with van der Waals surface area (Å²) in [7, 11) is 0. The molecule has 1 fully saturated rings. The summed E-state index contributed by atoms with van der Waals surface area (Å²) in [5.74, 6) is 2.47. The van der Waals surface area contributed by atoms with Crippen LogP contribution in [-0.2, 0) is 4.79 Å². The molecule has 1 aliphatic heterocycles. The lowest BCUT2D eigenvalue weighted by Crippen LogP contribution is -2.44. The number of aromatic nitrogens is 4. The minimum Gasteiger partial charge on any atom is -0.354 e. The van der Waals surface area contributed by atoms with Gasteiger partial charge in [0.25, 0.3) is 0 Å². The molecule has 3 aromatic rings. The predicted octanol–water partition coefficient (Wildman–Crippen LogP) is 3.06. The number of aryl methyl sites for hydroxylation is 1. The van der Waals surface area contributed by atoms with Crippen LogP contribution >= 0.6 is 0 Å². The van der Waals surface area contributed by atoms with E-state index in [1.54, 1.807) is 6.20 Å². The van der Waals surface area contributed by atoms with Gasteiger partial charge in [-0.05, 0) is 44.4 Å². The number of anilines is 1. The first-order chi connectivity index (χ1) is 14.1. The van der Waals surface area contributed by atoms with E-state index >= 15 is 0 Å². The number of piperidine rings is 1. The molecule has 1 aromatic carbocycles. The van der Waals surface area contributed by atoms with Gasteiger partial charge in [0.1, 0.15) is 5.82 Å². The van der Waals surface area contributed by atoms with Crippen LogP contribution in [0.5, 0.6) is 0 Å². The molecular weight excluding hydrogens is 364 g/mol. The summed E-state index contributed by atoms with van der Waals surface area (Å²) in [4.78, 5) is 19.2. The van der Waals surface area contributed by atoms with Gasteiger partial charge >= 0.3 is 0 Å². The predicted molar refractivity (Wildman–Crippen MR) is 112 cm³/mol. The lowest BCUT2D eigenvalue weighted by Gasteiger charge is -2.33. The minimum absolute atomic E-state index is 0.00317. The Morgan fingerprint density at radius 3 is 2.59 bits per heavy atom. The topological polar surface area (TPSA) is 75.9 Å². The van der Waals surface area contributed by atoms with Crippen LogP contribution in [0.4, 0.5) is 5.82 Å². The van der Waals surface area contributed by atoms with Gasteiger partial charge in [0.15, 0.2) is 11.6 Å². The second-order valence-electron chi connectivity index (χ2n) is 7.52. The number of rotatable bonds is 5. The van der Waals surface area contributed by atoms with Gasteiger partial charge in [-0.3, -0.25) is 9.36 Å². The molecule has 3 heterocycles. The van der Waals surface area contributed by atoms with Crippen molar-refractivity contribution in [3.8, 4) is 5.82 Å². The Hall–Kier alpha value is -3.22. The van der Waals surface area contributed by atoms with E-state index < -0.39 is 0 Å². The van der Waals surface area contributed by atoms with Gasteiger partial charge in [-0.1, -0.05) is 30.3 Å². The maximum Gasteiger partial charge on any atom is 0.225 e. The molecule has 2 unspecified atom stereocenters. The number of carbonyl (C=O) groups is 1. The molecule has 29 heavy (non-hydrogen) atoms. The van der Waals surface area contributed by atoms with Crippen molar-refractivity contribution in [3.63, 3.8) is 0 Å². The molecule has 1 aliphatic rings. The van der Waals surface area contributed by atoms with Crippen LogP contribution in [0.25, 0.3) is 5.82 Å². The summed E-state index contributed by atoms with van der Waals surface area (Å²) in [6, 6.07) is 14.0. The average Bonchev–Trinajstić information content (AvgIpc) is 3.20. The second kappa shape index (κ2) is 8.43. The van der Waals surface area contributed by atoms with Crippen LogP contribution in [0.2, 0.25) is 0 Å². The van der Waals surface area contributed by atoms with E-state index in [9.17, 15) is 4.79 Å². The Bertz CT molecular complexity index is 953. The van der Waals surface area contributed by atoms with E-state index in [1.165, 1.54) is 0 Å². The zero-order chi connectivity index (χ0) is 20.2. The average molecular weight is 390 g/mol. The van der Waals surface area contributed by atoms with Gasteiger partial charge in [0, 0.05) is 25.5 Å². The van der Waals surface area contributed by atoms with Crippen molar-refractivity contribution in [2.24, 2.45) is 5.92 Å². The summed E-state index contributed by atoms with van der Waals surface area (Å²) in [6.45, 7) is 5.50. The van der Waals surface area contributed by atoms with Crippen LogP contribution < -0.4 is 10.2 Å². The number of nitrogens with one attached hydrogen (secondary N) is 1. The number of hydrogen-bond acceptors (Lipinski definition) is 5. The SMILES string of the molecule is Cc1nccn1-c1ccc(N2CCCC(C(=O)NC(C)c3ccccc3)C2)nn1. The van der Waals surface area contributed by atoms with Crippen molar-refractivity contribution in [2.75, 3.05) is 18.0 Å². The molecule has 150 valence electrons. The summed E-state index contributed by atoms with van der Waals surface area (Å²) in [5, 5.41) is 11.9. The fraction of sp³-hybridized carbons (Fsp3) is 0.364. The third-order valence-electron chi connectivity index (χ3n) is 5.48. The number of nitrogens with zero attached hydrogens (tertiary/aromatic N) is 5. The summed E-state index contributed by atoms with van der Waals surface area (Å²) in [5.41, 5.74) is 1.12. The Morgan fingerprint density at radius 2 is 1.90 bits per heavy atom. The second-order valence-corrected chi connectivity index (χ2v) is 7.52. The van der Waals surface area contributed by atoms with Gasteiger partial charge in [0.2, 0.25) is 5.91 Å². The first-order valence-corrected chi connectivity index (χ1v) is 10.1. The third kappa shape index (κ3) is 4.29. The van der Waals surface area contributed by atoms with E-state index in [4.69, 9.17) is 0 Å². The normalized spacial score (nSPS) is 17.7. The molecule has 1 saturated heterocycles. The highest BCUT2D eigenvalue weighted by Crippen LogP contribution is 2.23. The van der Waals surface area contributed by atoms with Crippen molar-refractivity contribution >= 4 is 11.7 Å². The molecule has 0 bridgehead atoms. The number of carbonyl (C=O) groups excluding carboxylic acids is 1. The molecule has 0 spiro atoms. The van der Waals surface area contributed by atoms with Crippen molar-refractivity contribution in [1.82, 2.24) is 25.1 Å². The van der Waals surface area contributed by atoms with E-state index in [1.807, 2.05) is 67.1 Å². The number of benzene rings is 1. The van der Waals surface area contributed by atoms with Gasteiger partial charge in [-0.25, -0.2) is 4.98 Å². The maximum absolute atomic E-state index is 12.8. The lowest BCUT2D eigenvalue weighted by atomic mass is 9.96. The smallest absolute Gasteiger partial charge is 0.225 e. The van der Waals surface area contributed by atoms with Crippen molar-refractivity contribution in [1.29, 1.82) is 0 Å². The van der Waals surface area contributed by atoms with E-state index in [0.29, 0.717) is 6.54 Å². The largest absolute Gasteiger partial charge is 0.354 e. The van der Waals surface area contributed by atoms with Gasteiger partial charge in [-0.2, -0.15) is 0 Å². The highest BCUT2D eigenvalue weighted by Gasteiger charge is 2.27. The molecule has 0 aliphatic carbocycles. The monoisotopic (exact) mass is 390 g/mol. The zero-order valence-electron chi connectivity index (χ0n) is 16.8. The van der Waals surface area contributed by atoms with Gasteiger partial charge in [-0.15, -0.1) is 10.2 Å². The van der Waals surface area contributed by atoms with Crippen molar-refractivity contribution in [2.45, 2.75) is 32.7 Å². The summed E-state index contributed by atoms with van der Waals surface area (Å²) >= 11 is 0. The first-order valence-electron chi connectivity index (χ1n) is 10.1. The molecule has 0 radical (unpaired) electrons. The Morgan fingerprint density at radius 1 is 1.14 bits per heavy atom. The van der Waals surface area contributed by atoms with Crippen molar-refractivity contribution < 1.29 is 4.79 Å². The van der Waals surface area contributed by atoms with Crippen LogP contribution in [0.15, 0.2) is 54.9 Å². The molecule has 2 atom stereocenters. The van der Waals surface area contributed by atoms with Gasteiger partial charge in [0.05, 0.1) is 12.0 Å². The van der Waals surface area contributed by atoms with E-state index in [0.717, 1.165) is 42.4 Å². The fourth-order valence-corrected chi connectivity index (χ4v) is 3.79. The van der Waals surface area contributed by atoms with Gasteiger partial charge < -0.3 is 10.2 Å².